The summed E-state index contributed by atoms with van der Waals surface area (Å²) in [4.78, 5) is 27.8. The molecule has 3 aliphatic rings. The molecule has 2 aliphatic carbocycles. The Kier molecular flexibility index (Phi) is 3.71. The summed E-state index contributed by atoms with van der Waals surface area (Å²) in [6.45, 7) is 2.14. The molecule has 1 heterocycles. The largest absolute Gasteiger partial charge is 0.344 e. The first-order valence-corrected chi connectivity index (χ1v) is 7.86. The summed E-state index contributed by atoms with van der Waals surface area (Å²) in [5.74, 6) is 1.49. The molecule has 0 aromatic rings. The Balaban J connectivity index is 1.53. The maximum atomic E-state index is 12.6. The van der Waals surface area contributed by atoms with Crippen LogP contribution in [0, 0.1) is 17.8 Å². The SMILES string of the molecule is CN(CCN1CCCC1=O)C(=O)C1C2CCC(C2)C1N. The highest BCUT2D eigenvalue weighted by Gasteiger charge is 2.49. The predicted molar refractivity (Wildman–Crippen MR) is 75.7 cm³/mol. The highest BCUT2D eigenvalue weighted by molar-refractivity contribution is 5.81. The Morgan fingerprint density at radius 2 is 2.15 bits per heavy atom. The van der Waals surface area contributed by atoms with Crippen LogP contribution in [0.1, 0.15) is 32.1 Å². The van der Waals surface area contributed by atoms with E-state index in [0.717, 1.165) is 25.8 Å². The minimum Gasteiger partial charge on any atom is -0.344 e. The molecule has 5 heteroatoms. The van der Waals surface area contributed by atoms with Crippen molar-refractivity contribution in [2.75, 3.05) is 26.7 Å². The summed E-state index contributed by atoms with van der Waals surface area (Å²) in [5, 5.41) is 0. The van der Waals surface area contributed by atoms with Crippen LogP contribution in [0.15, 0.2) is 0 Å². The highest BCUT2D eigenvalue weighted by Crippen LogP contribution is 2.48. The molecule has 3 fully saturated rings. The summed E-state index contributed by atoms with van der Waals surface area (Å²) in [6, 6.07) is 0.0529. The molecule has 1 aliphatic heterocycles. The number of hydrogen-bond acceptors (Lipinski definition) is 3. The third-order valence-electron chi connectivity index (χ3n) is 5.52. The van der Waals surface area contributed by atoms with Crippen molar-refractivity contribution < 1.29 is 9.59 Å². The number of nitrogens with zero attached hydrogens (tertiary/aromatic N) is 2. The van der Waals surface area contributed by atoms with Crippen LogP contribution in [0.25, 0.3) is 0 Å². The number of carbonyl (C=O) groups is 2. The van der Waals surface area contributed by atoms with E-state index in [1.54, 1.807) is 4.90 Å². The van der Waals surface area contributed by atoms with Gasteiger partial charge in [0.2, 0.25) is 11.8 Å². The molecule has 112 valence electrons. The van der Waals surface area contributed by atoms with Crippen molar-refractivity contribution in [3.05, 3.63) is 0 Å². The number of carbonyl (C=O) groups excluding carboxylic acids is 2. The molecular weight excluding hydrogens is 254 g/mol. The molecule has 0 aromatic carbocycles. The van der Waals surface area contributed by atoms with Crippen LogP contribution in [-0.2, 0) is 9.59 Å². The fourth-order valence-corrected chi connectivity index (χ4v) is 4.28. The average molecular weight is 279 g/mol. The summed E-state index contributed by atoms with van der Waals surface area (Å²) in [7, 11) is 1.85. The fraction of sp³-hybridized carbons (Fsp3) is 0.867. The Morgan fingerprint density at radius 3 is 2.75 bits per heavy atom. The van der Waals surface area contributed by atoms with Crippen molar-refractivity contribution in [2.45, 2.75) is 38.1 Å². The quantitative estimate of drug-likeness (QED) is 0.812. The van der Waals surface area contributed by atoms with E-state index in [2.05, 4.69) is 0 Å². The number of nitrogens with two attached hydrogens (primary N) is 1. The zero-order valence-electron chi connectivity index (χ0n) is 12.3. The summed E-state index contributed by atoms with van der Waals surface area (Å²) in [5.41, 5.74) is 6.23. The van der Waals surface area contributed by atoms with Gasteiger partial charge in [-0.15, -0.1) is 0 Å². The topological polar surface area (TPSA) is 66.6 Å². The minimum absolute atomic E-state index is 0.0213. The molecule has 2 bridgehead atoms. The zero-order chi connectivity index (χ0) is 14.3. The highest BCUT2D eigenvalue weighted by atomic mass is 16.2. The van der Waals surface area contributed by atoms with Crippen LogP contribution < -0.4 is 5.73 Å². The van der Waals surface area contributed by atoms with Gasteiger partial charge in [-0.25, -0.2) is 0 Å². The summed E-state index contributed by atoms with van der Waals surface area (Å²) < 4.78 is 0. The van der Waals surface area contributed by atoms with Gasteiger partial charge in [0.1, 0.15) is 0 Å². The van der Waals surface area contributed by atoms with Crippen LogP contribution in [0.4, 0.5) is 0 Å². The van der Waals surface area contributed by atoms with Crippen molar-refractivity contribution in [3.63, 3.8) is 0 Å². The Hall–Kier alpha value is -1.10. The smallest absolute Gasteiger partial charge is 0.227 e. The Labute approximate surface area is 120 Å². The molecule has 0 spiro atoms. The number of hydrogen-bond donors (Lipinski definition) is 1. The number of amides is 2. The molecule has 0 aromatic heterocycles. The molecule has 5 nitrogen and oxygen atoms in total. The molecule has 2 amide bonds. The van der Waals surface area contributed by atoms with E-state index in [-0.39, 0.29) is 23.8 Å². The summed E-state index contributed by atoms with van der Waals surface area (Å²) in [6.07, 6.45) is 5.10. The average Bonchev–Trinajstić information content (AvgIpc) is 3.11. The maximum Gasteiger partial charge on any atom is 0.227 e. The molecule has 2 saturated carbocycles. The van der Waals surface area contributed by atoms with Gasteiger partial charge in [0.15, 0.2) is 0 Å². The first-order valence-electron chi connectivity index (χ1n) is 7.86. The molecular formula is C15H25N3O2. The van der Waals surface area contributed by atoms with E-state index in [0.29, 0.717) is 31.3 Å². The standard InChI is InChI=1S/C15H25N3O2/c1-17(7-8-18-6-2-3-12(18)19)15(20)13-10-4-5-11(9-10)14(13)16/h10-11,13-14H,2-9,16H2,1H3. The lowest BCUT2D eigenvalue weighted by molar-refractivity contribution is -0.137. The van der Waals surface area contributed by atoms with Gasteiger partial charge in [-0.3, -0.25) is 9.59 Å². The Bertz CT molecular complexity index is 410. The molecule has 4 atom stereocenters. The predicted octanol–water partition coefficient (Wildman–Crippen LogP) is 0.441. The Morgan fingerprint density at radius 1 is 1.40 bits per heavy atom. The normalized spacial score (nSPS) is 35.9. The second-order valence-corrected chi connectivity index (χ2v) is 6.68. The van der Waals surface area contributed by atoms with E-state index in [9.17, 15) is 9.59 Å². The second-order valence-electron chi connectivity index (χ2n) is 6.68. The van der Waals surface area contributed by atoms with Crippen LogP contribution in [0.5, 0.6) is 0 Å². The van der Waals surface area contributed by atoms with E-state index in [4.69, 9.17) is 5.73 Å². The zero-order valence-corrected chi connectivity index (χ0v) is 12.3. The van der Waals surface area contributed by atoms with Gasteiger partial charge in [-0.2, -0.15) is 0 Å². The van der Waals surface area contributed by atoms with Crippen molar-refractivity contribution >= 4 is 11.8 Å². The molecule has 3 rings (SSSR count). The van der Waals surface area contributed by atoms with Crippen molar-refractivity contribution in [2.24, 2.45) is 23.5 Å². The van der Waals surface area contributed by atoms with Gasteiger partial charge >= 0.3 is 0 Å². The van der Waals surface area contributed by atoms with Gasteiger partial charge in [0.25, 0.3) is 0 Å². The monoisotopic (exact) mass is 279 g/mol. The maximum absolute atomic E-state index is 12.6. The third-order valence-corrected chi connectivity index (χ3v) is 5.52. The number of rotatable bonds is 4. The van der Waals surface area contributed by atoms with E-state index >= 15 is 0 Å². The van der Waals surface area contributed by atoms with Crippen molar-refractivity contribution in [1.29, 1.82) is 0 Å². The van der Waals surface area contributed by atoms with Crippen LogP contribution in [0.3, 0.4) is 0 Å². The first-order chi connectivity index (χ1) is 9.58. The van der Waals surface area contributed by atoms with Crippen molar-refractivity contribution in [1.82, 2.24) is 9.80 Å². The van der Waals surface area contributed by atoms with Gasteiger partial charge in [-0.1, -0.05) is 0 Å². The van der Waals surface area contributed by atoms with Gasteiger partial charge in [0.05, 0.1) is 5.92 Å². The minimum atomic E-state index is 0.0213. The van der Waals surface area contributed by atoms with Crippen LogP contribution in [0.2, 0.25) is 0 Å². The van der Waals surface area contributed by atoms with Gasteiger partial charge in [-0.05, 0) is 37.5 Å². The first kappa shape index (κ1) is 13.9. The second kappa shape index (κ2) is 5.35. The lowest BCUT2D eigenvalue weighted by Gasteiger charge is -2.31. The number of likely N-dealkylation sites (N-methyl/N-ethyl adjacent to an activating group) is 1. The molecule has 0 radical (unpaired) electrons. The third kappa shape index (κ3) is 2.32. The number of likely N-dealkylation sites (tertiary alicyclic amines) is 1. The van der Waals surface area contributed by atoms with E-state index in [1.165, 1.54) is 6.42 Å². The molecule has 20 heavy (non-hydrogen) atoms. The van der Waals surface area contributed by atoms with Crippen molar-refractivity contribution in [3.8, 4) is 0 Å². The van der Waals surface area contributed by atoms with E-state index < -0.39 is 0 Å². The van der Waals surface area contributed by atoms with Gasteiger partial charge < -0.3 is 15.5 Å². The van der Waals surface area contributed by atoms with E-state index in [1.807, 2.05) is 11.9 Å². The lowest BCUT2D eigenvalue weighted by atomic mass is 9.84. The van der Waals surface area contributed by atoms with Crippen LogP contribution >= 0.6 is 0 Å². The number of fused-ring (bicyclic) bond motifs is 2. The fourth-order valence-electron chi connectivity index (χ4n) is 4.28. The molecule has 2 N–H and O–H groups in total. The molecule has 4 unspecified atom stereocenters. The summed E-state index contributed by atoms with van der Waals surface area (Å²) >= 11 is 0. The lowest BCUT2D eigenvalue weighted by Crippen LogP contribution is -2.47. The molecule has 1 saturated heterocycles. The van der Waals surface area contributed by atoms with Crippen LogP contribution in [-0.4, -0.2) is 54.3 Å². The van der Waals surface area contributed by atoms with Gasteiger partial charge in [0, 0.05) is 39.1 Å².